The lowest BCUT2D eigenvalue weighted by molar-refractivity contribution is -0.154. The lowest BCUT2D eigenvalue weighted by atomic mass is 9.92. The summed E-state index contributed by atoms with van der Waals surface area (Å²) in [5, 5.41) is 5.97. The maximum atomic E-state index is 13.1. The lowest BCUT2D eigenvalue weighted by Gasteiger charge is -2.34. The van der Waals surface area contributed by atoms with Crippen molar-refractivity contribution in [2.75, 3.05) is 38.2 Å². The van der Waals surface area contributed by atoms with Crippen LogP contribution in [-0.2, 0) is 17.7 Å². The van der Waals surface area contributed by atoms with E-state index < -0.39 is 35.9 Å². The Morgan fingerprint density at radius 1 is 0.979 bits per heavy atom. The third-order valence-electron chi connectivity index (χ3n) is 6.82. The quantitative estimate of drug-likeness (QED) is 0.352. The van der Waals surface area contributed by atoms with Crippen LogP contribution in [0.1, 0.15) is 68.3 Å². The molecule has 0 aliphatic carbocycles. The average Bonchev–Trinajstić information content (AvgIpc) is 2.98. The molecule has 2 N–H and O–H groups in total. The molecule has 6 bridgehead atoms. The van der Waals surface area contributed by atoms with Gasteiger partial charge in [0.25, 0.3) is 5.91 Å². The highest BCUT2D eigenvalue weighted by atomic mass is 19.4. The molecule has 1 aromatic heterocycles. The molecular formula is C33H41F3N6O5. The molecule has 0 unspecified atom stereocenters. The van der Waals surface area contributed by atoms with Crippen LogP contribution in [0.3, 0.4) is 0 Å². The Balaban J connectivity index is 1.58. The predicted octanol–water partition coefficient (Wildman–Crippen LogP) is 5.79. The van der Waals surface area contributed by atoms with Crippen LogP contribution in [0, 0.1) is 5.41 Å². The summed E-state index contributed by atoms with van der Waals surface area (Å²) >= 11 is 0. The molecule has 0 atom stereocenters. The van der Waals surface area contributed by atoms with Gasteiger partial charge in [-0.05, 0) is 68.0 Å². The Labute approximate surface area is 272 Å². The molecule has 47 heavy (non-hydrogen) atoms. The number of nitrogens with one attached hydrogen (secondary N) is 2. The Hall–Kier alpha value is -4.62. The van der Waals surface area contributed by atoms with Crippen molar-refractivity contribution in [3.8, 4) is 11.8 Å². The maximum Gasteiger partial charge on any atom is 0.422 e. The van der Waals surface area contributed by atoms with Crippen LogP contribution in [-0.4, -0.2) is 76.5 Å². The van der Waals surface area contributed by atoms with Crippen molar-refractivity contribution < 1.29 is 37.0 Å². The van der Waals surface area contributed by atoms with E-state index in [1.807, 2.05) is 46.8 Å². The topological polar surface area (TPSA) is 128 Å². The molecule has 4 aliphatic heterocycles. The number of hydrogen-bond donors (Lipinski definition) is 2. The van der Waals surface area contributed by atoms with E-state index in [1.165, 1.54) is 0 Å². The molecule has 0 saturated carbocycles. The third kappa shape index (κ3) is 11.9. The van der Waals surface area contributed by atoms with Crippen LogP contribution in [0.5, 0.6) is 11.8 Å². The first kappa shape index (κ1) is 35.2. The summed E-state index contributed by atoms with van der Waals surface area (Å²) in [6.45, 7) is 9.45. The van der Waals surface area contributed by atoms with Gasteiger partial charge in [-0.25, -0.2) is 4.79 Å². The van der Waals surface area contributed by atoms with Crippen LogP contribution in [0.25, 0.3) is 0 Å². The first-order chi connectivity index (χ1) is 22.0. The highest BCUT2D eigenvalue weighted by molar-refractivity contribution is 5.94. The van der Waals surface area contributed by atoms with E-state index >= 15 is 0 Å². The van der Waals surface area contributed by atoms with Gasteiger partial charge in [-0.1, -0.05) is 38.1 Å². The summed E-state index contributed by atoms with van der Waals surface area (Å²) in [4.78, 5) is 40.2. The van der Waals surface area contributed by atoms with Gasteiger partial charge >= 0.3 is 18.3 Å². The van der Waals surface area contributed by atoms with Gasteiger partial charge in [0.1, 0.15) is 17.2 Å². The number of amides is 2. The van der Waals surface area contributed by atoms with Crippen LogP contribution in [0.4, 0.5) is 23.9 Å². The van der Waals surface area contributed by atoms with Crippen molar-refractivity contribution in [2.45, 2.75) is 65.8 Å². The van der Waals surface area contributed by atoms with Crippen LogP contribution in [0.15, 0.2) is 48.5 Å². The van der Waals surface area contributed by atoms with Crippen LogP contribution >= 0.6 is 0 Å². The molecule has 3 aromatic rings. The Kier molecular flexibility index (Phi) is 11.1. The monoisotopic (exact) mass is 658 g/mol. The fraction of sp³-hybridized carbons (Fsp3) is 0.485. The molecule has 11 nitrogen and oxygen atoms in total. The normalized spacial score (nSPS) is 16.3. The summed E-state index contributed by atoms with van der Waals surface area (Å²) in [5.74, 6) is 0.573. The van der Waals surface area contributed by atoms with Crippen molar-refractivity contribution in [3.63, 3.8) is 0 Å². The van der Waals surface area contributed by atoms with Gasteiger partial charge in [-0.2, -0.15) is 28.1 Å². The molecule has 4 aliphatic rings. The molecule has 5 heterocycles. The molecule has 14 heteroatoms. The minimum absolute atomic E-state index is 0.0510. The number of carbonyl (C=O) groups is 2. The summed E-state index contributed by atoms with van der Waals surface area (Å²) < 4.78 is 54.9. The Morgan fingerprint density at radius 3 is 2.32 bits per heavy atom. The maximum absolute atomic E-state index is 13.1. The van der Waals surface area contributed by atoms with E-state index in [1.54, 1.807) is 41.3 Å². The summed E-state index contributed by atoms with van der Waals surface area (Å²) in [7, 11) is 0. The van der Waals surface area contributed by atoms with Crippen LogP contribution in [0.2, 0.25) is 0 Å². The molecule has 0 spiro atoms. The highest BCUT2D eigenvalue weighted by Crippen LogP contribution is 2.22. The number of aromatic nitrogens is 3. The van der Waals surface area contributed by atoms with Crippen molar-refractivity contribution in [2.24, 2.45) is 5.41 Å². The number of benzene rings is 2. The van der Waals surface area contributed by atoms with E-state index in [0.29, 0.717) is 37.4 Å². The molecule has 0 radical (unpaired) electrons. The fourth-order valence-corrected chi connectivity index (χ4v) is 4.61. The summed E-state index contributed by atoms with van der Waals surface area (Å²) in [6.07, 6.45) is -4.31. The van der Waals surface area contributed by atoms with Gasteiger partial charge in [0.15, 0.2) is 6.61 Å². The number of nitrogens with zero attached hydrogens (tertiary/aromatic N) is 4. The molecule has 7 rings (SSSR count). The molecule has 0 saturated heterocycles. The lowest BCUT2D eigenvalue weighted by Crippen LogP contribution is -2.46. The number of anilines is 1. The van der Waals surface area contributed by atoms with E-state index in [2.05, 4.69) is 25.6 Å². The number of halogens is 3. The number of alkyl halides is 3. The van der Waals surface area contributed by atoms with Crippen molar-refractivity contribution in [3.05, 3.63) is 71.0 Å². The molecular weight excluding hydrogens is 617 g/mol. The standard InChI is InChI=1S/C33H41F3N6O5/c1-31(2,3)47-30(44)42-15-6-16-45-25-13-9-23(10-14-25)18-37-28-39-26(40-29(41-28)46-21-33(34,35)36)17-22-7-11-24(12-8-22)27(43)38-19-32(4,5)20-42/h7-14H,6,15-21H2,1-5H3,(H,38,43)(H,37,39,40,41). The second kappa shape index (κ2) is 14.9. The van der Waals surface area contributed by atoms with Crippen molar-refractivity contribution >= 4 is 17.9 Å². The first-order valence-electron chi connectivity index (χ1n) is 15.3. The van der Waals surface area contributed by atoms with Gasteiger partial charge in [-0.3, -0.25) is 4.79 Å². The van der Waals surface area contributed by atoms with Gasteiger partial charge in [0.05, 0.1) is 6.61 Å². The zero-order chi connectivity index (χ0) is 34.2. The molecule has 2 amide bonds. The first-order valence-corrected chi connectivity index (χ1v) is 15.3. The molecule has 254 valence electrons. The highest BCUT2D eigenvalue weighted by Gasteiger charge is 2.30. The van der Waals surface area contributed by atoms with E-state index in [-0.39, 0.29) is 37.2 Å². The third-order valence-corrected chi connectivity index (χ3v) is 6.82. The smallest absolute Gasteiger partial charge is 0.422 e. The fourth-order valence-electron chi connectivity index (χ4n) is 4.61. The van der Waals surface area contributed by atoms with Crippen LogP contribution < -0.4 is 20.1 Å². The summed E-state index contributed by atoms with van der Waals surface area (Å²) in [5.41, 5.74) is 0.823. The van der Waals surface area contributed by atoms with Crippen molar-refractivity contribution in [1.29, 1.82) is 0 Å². The average molecular weight is 659 g/mol. The van der Waals surface area contributed by atoms with E-state index in [9.17, 15) is 22.8 Å². The minimum atomic E-state index is -4.56. The predicted molar refractivity (Wildman–Crippen MR) is 168 cm³/mol. The minimum Gasteiger partial charge on any atom is -0.494 e. The SMILES string of the molecule is CC1(C)CNC(=O)c2ccc(cc2)Cc2nc(nc(OCC(F)(F)F)n2)NCc2ccc(cc2)OCCCN(C(=O)OC(C)(C)C)C1. The van der Waals surface area contributed by atoms with Gasteiger partial charge < -0.3 is 29.7 Å². The number of hydrogen-bond acceptors (Lipinski definition) is 9. The van der Waals surface area contributed by atoms with E-state index in [0.717, 1.165) is 11.1 Å². The van der Waals surface area contributed by atoms with Gasteiger partial charge in [-0.15, -0.1) is 0 Å². The Bertz CT molecular complexity index is 1510. The van der Waals surface area contributed by atoms with E-state index in [4.69, 9.17) is 14.2 Å². The van der Waals surface area contributed by atoms with Gasteiger partial charge in [0.2, 0.25) is 5.95 Å². The molecule has 2 aromatic carbocycles. The number of carbonyl (C=O) groups excluding carboxylic acids is 2. The largest absolute Gasteiger partial charge is 0.494 e. The zero-order valence-corrected chi connectivity index (χ0v) is 27.2. The zero-order valence-electron chi connectivity index (χ0n) is 27.2. The number of ether oxygens (including phenoxy) is 3. The molecule has 0 fully saturated rings. The second-order valence-electron chi connectivity index (χ2n) is 13.1. The second-order valence-corrected chi connectivity index (χ2v) is 13.1. The van der Waals surface area contributed by atoms with Crippen molar-refractivity contribution in [1.82, 2.24) is 25.2 Å². The Morgan fingerprint density at radius 2 is 1.66 bits per heavy atom. The van der Waals surface area contributed by atoms with Gasteiger partial charge in [0, 0.05) is 38.2 Å². The summed E-state index contributed by atoms with van der Waals surface area (Å²) in [6, 6.07) is 13.6. The number of rotatable bonds is 2.